The Kier molecular flexibility index (Phi) is 4.99. The summed E-state index contributed by atoms with van der Waals surface area (Å²) >= 11 is 1.29. The Bertz CT molecular complexity index is 1060. The van der Waals surface area contributed by atoms with Gasteiger partial charge in [-0.05, 0) is 61.0 Å². The second kappa shape index (κ2) is 7.55. The van der Waals surface area contributed by atoms with Crippen LogP contribution in [-0.2, 0) is 0 Å². The number of fused-ring (bicyclic) bond motifs is 1. The van der Waals surface area contributed by atoms with Crippen LogP contribution in [-0.4, -0.2) is 10.9 Å². The molecule has 1 N–H and O–H groups in total. The number of carbonyl (C=O) groups is 1. The standard InChI is InChI=1S/C21H15IN2OS/c1-14-7-12-18-19(13-14)26-21(23-18)24-20(25)15-8-10-17(11-9-15)22-16-5-3-2-4-6-16/h2-13H,1H3/p+1. The first-order valence-electron chi connectivity index (χ1n) is 8.16. The lowest BCUT2D eigenvalue weighted by Gasteiger charge is -2.00. The van der Waals surface area contributed by atoms with E-state index < -0.39 is 0 Å². The average molecular weight is 471 g/mol. The number of nitrogens with one attached hydrogen (secondary N) is 1. The number of hydrogen-bond acceptors (Lipinski definition) is 3. The first kappa shape index (κ1) is 17.2. The zero-order valence-corrected chi connectivity index (χ0v) is 17.0. The lowest BCUT2D eigenvalue weighted by atomic mass is 10.2. The number of hydrogen-bond donors (Lipinski definition) is 1. The van der Waals surface area contributed by atoms with Gasteiger partial charge < -0.3 is 0 Å². The summed E-state index contributed by atoms with van der Waals surface area (Å²) in [5, 5.41) is 3.55. The minimum absolute atomic E-state index is 0.120. The van der Waals surface area contributed by atoms with E-state index in [0.29, 0.717) is 10.7 Å². The van der Waals surface area contributed by atoms with E-state index in [0.717, 1.165) is 10.2 Å². The van der Waals surface area contributed by atoms with Crippen molar-refractivity contribution in [3.05, 3.63) is 91.1 Å². The smallest absolute Gasteiger partial charge is 0.298 e. The molecule has 0 spiro atoms. The SMILES string of the molecule is Cc1ccc2nc(NC(=O)c3ccc([I+]c4ccccc4)cc3)sc2c1. The van der Waals surface area contributed by atoms with Crippen molar-refractivity contribution in [2.75, 3.05) is 5.32 Å². The van der Waals surface area contributed by atoms with Crippen LogP contribution in [0.3, 0.4) is 0 Å². The van der Waals surface area contributed by atoms with E-state index in [2.05, 4.69) is 59.7 Å². The summed E-state index contributed by atoms with van der Waals surface area (Å²) in [5.74, 6) is -0.120. The maximum Gasteiger partial charge on any atom is 0.357 e. The van der Waals surface area contributed by atoms with E-state index in [1.807, 2.05) is 30.3 Å². The topological polar surface area (TPSA) is 42.0 Å². The summed E-state index contributed by atoms with van der Waals surface area (Å²) in [6, 6.07) is 24.5. The maximum atomic E-state index is 12.5. The fourth-order valence-electron chi connectivity index (χ4n) is 2.52. The van der Waals surface area contributed by atoms with Gasteiger partial charge in [-0.1, -0.05) is 35.6 Å². The molecule has 5 heteroatoms. The van der Waals surface area contributed by atoms with Gasteiger partial charge in [0.25, 0.3) is 5.91 Å². The van der Waals surface area contributed by atoms with Crippen LogP contribution in [0.1, 0.15) is 15.9 Å². The number of thiazole rings is 1. The predicted molar refractivity (Wildman–Crippen MR) is 103 cm³/mol. The number of aromatic nitrogens is 1. The molecule has 1 aromatic heterocycles. The van der Waals surface area contributed by atoms with Gasteiger partial charge in [0.2, 0.25) is 0 Å². The molecule has 26 heavy (non-hydrogen) atoms. The molecule has 1 amide bonds. The number of aryl methyl sites for hydroxylation is 1. The van der Waals surface area contributed by atoms with Crippen molar-refractivity contribution < 1.29 is 26.0 Å². The van der Waals surface area contributed by atoms with Crippen LogP contribution >= 0.6 is 11.3 Å². The normalized spacial score (nSPS) is 10.8. The zero-order valence-electron chi connectivity index (χ0n) is 14.1. The van der Waals surface area contributed by atoms with Gasteiger partial charge in [-0.25, -0.2) is 4.98 Å². The summed E-state index contributed by atoms with van der Waals surface area (Å²) in [4.78, 5) is 17.0. The van der Waals surface area contributed by atoms with Gasteiger partial charge in [0.1, 0.15) is 0 Å². The molecule has 0 bridgehead atoms. The number of nitrogens with zero attached hydrogens (tertiary/aromatic N) is 1. The number of rotatable bonds is 4. The molecule has 0 atom stereocenters. The molecule has 0 aliphatic rings. The van der Waals surface area contributed by atoms with Gasteiger partial charge in [-0.15, -0.1) is 0 Å². The van der Waals surface area contributed by atoms with Gasteiger partial charge >= 0.3 is 21.2 Å². The zero-order chi connectivity index (χ0) is 17.9. The van der Waals surface area contributed by atoms with Crippen LogP contribution in [0.4, 0.5) is 5.13 Å². The highest BCUT2D eigenvalue weighted by Gasteiger charge is 2.16. The summed E-state index contributed by atoms with van der Waals surface area (Å²) in [7, 11) is 0. The molecule has 0 radical (unpaired) electrons. The molecule has 0 fully saturated rings. The van der Waals surface area contributed by atoms with E-state index in [1.165, 1.54) is 24.0 Å². The van der Waals surface area contributed by atoms with Gasteiger partial charge in [-0.2, -0.15) is 0 Å². The molecule has 128 valence electrons. The quantitative estimate of drug-likeness (QED) is 0.463. The highest BCUT2D eigenvalue weighted by atomic mass is 127. The fraction of sp³-hybridized carbons (Fsp3) is 0.0476. The molecule has 0 aliphatic carbocycles. The van der Waals surface area contributed by atoms with Crippen LogP contribution in [0.2, 0.25) is 0 Å². The Morgan fingerprint density at radius 2 is 1.69 bits per heavy atom. The summed E-state index contributed by atoms with van der Waals surface area (Å²) < 4.78 is 3.75. The van der Waals surface area contributed by atoms with E-state index in [-0.39, 0.29) is 27.1 Å². The van der Waals surface area contributed by atoms with Crippen molar-refractivity contribution in [1.82, 2.24) is 4.98 Å². The number of halogens is 1. The van der Waals surface area contributed by atoms with Crippen LogP contribution in [0.25, 0.3) is 10.2 Å². The Balaban J connectivity index is 1.47. The van der Waals surface area contributed by atoms with Gasteiger partial charge in [0, 0.05) is 5.56 Å². The van der Waals surface area contributed by atoms with Crippen molar-refractivity contribution in [1.29, 1.82) is 0 Å². The number of benzene rings is 3. The molecule has 4 rings (SSSR count). The van der Waals surface area contributed by atoms with Crippen molar-refractivity contribution >= 4 is 32.6 Å². The monoisotopic (exact) mass is 471 g/mol. The minimum atomic E-state index is -0.212. The molecule has 0 aliphatic heterocycles. The highest BCUT2D eigenvalue weighted by Crippen LogP contribution is 2.26. The Morgan fingerprint density at radius 3 is 2.46 bits per heavy atom. The van der Waals surface area contributed by atoms with E-state index >= 15 is 0 Å². The lowest BCUT2D eigenvalue weighted by Crippen LogP contribution is -3.61. The van der Waals surface area contributed by atoms with Gasteiger partial charge in [0.15, 0.2) is 12.3 Å². The Morgan fingerprint density at radius 1 is 0.962 bits per heavy atom. The fourth-order valence-corrected chi connectivity index (χ4v) is 5.69. The molecular weight excluding hydrogens is 455 g/mol. The molecule has 4 aromatic rings. The third-order valence-electron chi connectivity index (χ3n) is 3.82. The predicted octanol–water partition coefficient (Wildman–Crippen LogP) is 1.99. The van der Waals surface area contributed by atoms with Crippen molar-refractivity contribution in [3.63, 3.8) is 0 Å². The van der Waals surface area contributed by atoms with Gasteiger partial charge in [-0.3, -0.25) is 10.1 Å². The lowest BCUT2D eigenvalue weighted by molar-refractivity contribution is -0.597. The molecular formula is C21H16IN2OS+. The van der Waals surface area contributed by atoms with Gasteiger partial charge in [0.05, 0.1) is 10.2 Å². The number of carbonyl (C=O) groups excluding carboxylic acids is 1. The molecule has 0 unspecified atom stereocenters. The molecule has 3 nitrogen and oxygen atoms in total. The third-order valence-corrected chi connectivity index (χ3v) is 7.44. The molecule has 0 saturated carbocycles. The second-order valence-corrected chi connectivity index (χ2v) is 9.90. The highest BCUT2D eigenvalue weighted by molar-refractivity contribution is 7.22. The summed E-state index contributed by atoms with van der Waals surface area (Å²) in [6.07, 6.45) is 0. The van der Waals surface area contributed by atoms with Crippen LogP contribution in [0.15, 0.2) is 72.8 Å². The summed E-state index contributed by atoms with van der Waals surface area (Å²) in [5.41, 5.74) is 2.76. The van der Waals surface area contributed by atoms with Crippen molar-refractivity contribution in [2.45, 2.75) is 6.92 Å². The third kappa shape index (κ3) is 3.94. The minimum Gasteiger partial charge on any atom is -0.298 e. The number of anilines is 1. The van der Waals surface area contributed by atoms with E-state index in [1.54, 1.807) is 0 Å². The maximum absolute atomic E-state index is 12.5. The average Bonchev–Trinajstić information content (AvgIpc) is 3.04. The second-order valence-electron chi connectivity index (χ2n) is 5.84. The van der Waals surface area contributed by atoms with E-state index in [9.17, 15) is 4.79 Å². The molecule has 1 heterocycles. The molecule has 3 aromatic carbocycles. The van der Waals surface area contributed by atoms with Crippen LogP contribution < -0.4 is 26.5 Å². The largest absolute Gasteiger partial charge is 0.357 e. The number of amides is 1. The van der Waals surface area contributed by atoms with Crippen LogP contribution in [0, 0.1) is 14.1 Å². The van der Waals surface area contributed by atoms with E-state index in [4.69, 9.17) is 0 Å². The van der Waals surface area contributed by atoms with Crippen molar-refractivity contribution in [2.24, 2.45) is 0 Å². The first-order valence-corrected chi connectivity index (χ1v) is 11.1. The Hall–Kier alpha value is -2.25. The summed E-state index contributed by atoms with van der Waals surface area (Å²) in [6.45, 7) is 2.05. The Labute approximate surface area is 166 Å². The molecule has 0 saturated heterocycles. The van der Waals surface area contributed by atoms with Crippen LogP contribution in [0.5, 0.6) is 0 Å². The van der Waals surface area contributed by atoms with Crippen molar-refractivity contribution in [3.8, 4) is 0 Å². The first-order chi connectivity index (χ1) is 12.7.